The first-order valence-corrected chi connectivity index (χ1v) is 8.02. The van der Waals surface area contributed by atoms with E-state index in [1.54, 1.807) is 7.11 Å². The van der Waals surface area contributed by atoms with Crippen molar-refractivity contribution in [3.05, 3.63) is 0 Å². The third-order valence-corrected chi connectivity index (χ3v) is 4.29. The molecule has 5 heteroatoms. The van der Waals surface area contributed by atoms with Gasteiger partial charge < -0.3 is 14.4 Å². The van der Waals surface area contributed by atoms with Gasteiger partial charge in [-0.1, -0.05) is 13.8 Å². The van der Waals surface area contributed by atoms with Crippen LogP contribution in [0.4, 0.5) is 0 Å². The monoisotopic (exact) mass is 300 g/mol. The van der Waals surface area contributed by atoms with Crippen LogP contribution in [0.3, 0.4) is 0 Å². The van der Waals surface area contributed by atoms with Crippen molar-refractivity contribution in [3.63, 3.8) is 0 Å². The highest BCUT2D eigenvalue weighted by Gasteiger charge is 2.35. The van der Waals surface area contributed by atoms with Crippen molar-refractivity contribution < 1.29 is 14.3 Å². The maximum atomic E-state index is 12.7. The smallest absolute Gasteiger partial charge is 0.228 e. The molecule has 1 aliphatic rings. The number of piperazine rings is 1. The third-order valence-electron chi connectivity index (χ3n) is 4.29. The van der Waals surface area contributed by atoms with E-state index in [4.69, 9.17) is 9.47 Å². The second kappa shape index (κ2) is 8.71. The molecular formula is C16H32N2O3. The highest BCUT2D eigenvalue weighted by atomic mass is 16.5. The quantitative estimate of drug-likeness (QED) is 0.639. The van der Waals surface area contributed by atoms with Crippen LogP contribution in [0.5, 0.6) is 0 Å². The zero-order valence-corrected chi connectivity index (χ0v) is 14.4. The molecule has 1 fully saturated rings. The van der Waals surface area contributed by atoms with E-state index in [-0.39, 0.29) is 11.3 Å². The maximum absolute atomic E-state index is 12.7. The average molecular weight is 300 g/mol. The summed E-state index contributed by atoms with van der Waals surface area (Å²) in [5.74, 6) is 0.246. The van der Waals surface area contributed by atoms with E-state index in [1.165, 1.54) is 0 Å². The summed E-state index contributed by atoms with van der Waals surface area (Å²) in [7, 11) is 1.68. The molecule has 1 saturated heterocycles. The molecule has 0 radical (unpaired) electrons. The van der Waals surface area contributed by atoms with Gasteiger partial charge in [-0.25, -0.2) is 0 Å². The Morgan fingerprint density at radius 3 is 2.57 bits per heavy atom. The Morgan fingerprint density at radius 2 is 2.00 bits per heavy atom. The number of ether oxygens (including phenoxy) is 2. The van der Waals surface area contributed by atoms with Gasteiger partial charge in [-0.05, 0) is 20.3 Å². The number of hydrogen-bond acceptors (Lipinski definition) is 4. The second-order valence-corrected chi connectivity index (χ2v) is 6.46. The zero-order valence-electron chi connectivity index (χ0n) is 14.4. The number of rotatable bonds is 8. The predicted octanol–water partition coefficient (Wildman–Crippen LogP) is 1.62. The van der Waals surface area contributed by atoms with Crippen LogP contribution in [-0.2, 0) is 14.3 Å². The van der Waals surface area contributed by atoms with Crippen LogP contribution in [0.15, 0.2) is 0 Å². The van der Waals surface area contributed by atoms with Crippen LogP contribution in [-0.4, -0.2) is 74.9 Å². The third kappa shape index (κ3) is 5.57. The topological polar surface area (TPSA) is 42.0 Å². The molecule has 0 saturated carbocycles. The summed E-state index contributed by atoms with van der Waals surface area (Å²) in [5.41, 5.74) is -0.344. The molecule has 0 N–H and O–H groups in total. The standard InChI is InChI=1S/C16H32N2O3/c1-6-21-12-10-17-8-9-18(13-14(17)2)15(19)16(3,4)7-11-20-5/h14H,6-13H2,1-5H3. The fourth-order valence-electron chi connectivity index (χ4n) is 2.73. The minimum Gasteiger partial charge on any atom is -0.385 e. The van der Waals surface area contributed by atoms with Crippen molar-refractivity contribution in [1.82, 2.24) is 9.80 Å². The van der Waals surface area contributed by atoms with Gasteiger partial charge in [0.15, 0.2) is 0 Å². The van der Waals surface area contributed by atoms with E-state index in [2.05, 4.69) is 11.8 Å². The van der Waals surface area contributed by atoms with Crippen LogP contribution in [0, 0.1) is 5.41 Å². The molecule has 124 valence electrons. The average Bonchev–Trinajstić information content (AvgIpc) is 2.46. The van der Waals surface area contributed by atoms with Crippen molar-refractivity contribution in [2.24, 2.45) is 5.41 Å². The highest BCUT2D eigenvalue weighted by Crippen LogP contribution is 2.25. The lowest BCUT2D eigenvalue weighted by atomic mass is 9.87. The van der Waals surface area contributed by atoms with Crippen LogP contribution in [0.2, 0.25) is 0 Å². The highest BCUT2D eigenvalue weighted by molar-refractivity contribution is 5.82. The molecule has 1 heterocycles. The number of carbonyl (C=O) groups is 1. The molecule has 1 rings (SSSR count). The Kier molecular flexibility index (Phi) is 7.63. The Hall–Kier alpha value is -0.650. The lowest BCUT2D eigenvalue weighted by Crippen LogP contribution is -2.56. The molecule has 21 heavy (non-hydrogen) atoms. The van der Waals surface area contributed by atoms with E-state index in [1.807, 2.05) is 25.7 Å². The Morgan fingerprint density at radius 1 is 1.29 bits per heavy atom. The van der Waals surface area contributed by atoms with Crippen LogP contribution in [0.1, 0.15) is 34.1 Å². The number of methoxy groups -OCH3 is 1. The van der Waals surface area contributed by atoms with Crippen LogP contribution in [0.25, 0.3) is 0 Å². The van der Waals surface area contributed by atoms with E-state index >= 15 is 0 Å². The minimum absolute atomic E-state index is 0.246. The first kappa shape index (κ1) is 18.4. The van der Waals surface area contributed by atoms with Crippen molar-refractivity contribution in [2.45, 2.75) is 40.2 Å². The van der Waals surface area contributed by atoms with Gasteiger partial charge in [0.25, 0.3) is 0 Å². The number of carbonyl (C=O) groups excluding carboxylic acids is 1. The molecule has 0 aromatic heterocycles. The molecule has 0 aliphatic carbocycles. The summed E-state index contributed by atoms with van der Waals surface area (Å²) in [5, 5.41) is 0. The maximum Gasteiger partial charge on any atom is 0.228 e. The summed E-state index contributed by atoms with van der Waals surface area (Å²) < 4.78 is 10.5. The Bertz CT molecular complexity index is 321. The van der Waals surface area contributed by atoms with Gasteiger partial charge in [-0.2, -0.15) is 0 Å². The fourth-order valence-corrected chi connectivity index (χ4v) is 2.73. The van der Waals surface area contributed by atoms with Crippen molar-refractivity contribution in [2.75, 3.05) is 53.1 Å². The van der Waals surface area contributed by atoms with E-state index in [9.17, 15) is 4.79 Å². The van der Waals surface area contributed by atoms with Crippen LogP contribution >= 0.6 is 0 Å². The van der Waals surface area contributed by atoms with E-state index < -0.39 is 0 Å². The van der Waals surface area contributed by atoms with Gasteiger partial charge in [0.05, 0.1) is 6.61 Å². The molecule has 0 aromatic rings. The summed E-state index contributed by atoms with van der Waals surface area (Å²) in [4.78, 5) is 17.1. The largest absolute Gasteiger partial charge is 0.385 e. The molecule has 1 amide bonds. The molecule has 0 aromatic carbocycles. The lowest BCUT2D eigenvalue weighted by Gasteiger charge is -2.42. The van der Waals surface area contributed by atoms with Gasteiger partial charge in [-0.3, -0.25) is 9.69 Å². The lowest BCUT2D eigenvalue weighted by molar-refractivity contribution is -0.144. The molecule has 0 spiro atoms. The van der Waals surface area contributed by atoms with Gasteiger partial charge in [0.2, 0.25) is 5.91 Å². The summed E-state index contributed by atoms with van der Waals surface area (Å²) in [6, 6.07) is 0.390. The van der Waals surface area contributed by atoms with Gasteiger partial charge in [-0.15, -0.1) is 0 Å². The molecule has 1 atom stereocenters. The Labute approximate surface area is 129 Å². The molecule has 5 nitrogen and oxygen atoms in total. The van der Waals surface area contributed by atoms with Gasteiger partial charge in [0, 0.05) is 58.0 Å². The molecule has 0 bridgehead atoms. The molecule has 1 unspecified atom stereocenters. The first-order valence-electron chi connectivity index (χ1n) is 8.02. The van der Waals surface area contributed by atoms with Crippen LogP contribution < -0.4 is 0 Å². The fraction of sp³-hybridized carbons (Fsp3) is 0.938. The number of hydrogen-bond donors (Lipinski definition) is 0. The van der Waals surface area contributed by atoms with Crippen molar-refractivity contribution in [3.8, 4) is 0 Å². The predicted molar refractivity (Wildman–Crippen MR) is 84.4 cm³/mol. The minimum atomic E-state index is -0.344. The molecule has 1 aliphatic heterocycles. The SMILES string of the molecule is CCOCCN1CCN(C(=O)C(C)(C)CCOC)CC1C. The van der Waals surface area contributed by atoms with Crippen molar-refractivity contribution in [1.29, 1.82) is 0 Å². The number of nitrogens with zero attached hydrogens (tertiary/aromatic N) is 2. The summed E-state index contributed by atoms with van der Waals surface area (Å²) in [6.07, 6.45) is 0.765. The summed E-state index contributed by atoms with van der Waals surface area (Å²) >= 11 is 0. The van der Waals surface area contributed by atoms with E-state index in [0.29, 0.717) is 12.6 Å². The van der Waals surface area contributed by atoms with Gasteiger partial charge in [0.1, 0.15) is 0 Å². The summed E-state index contributed by atoms with van der Waals surface area (Å²) in [6.45, 7) is 13.9. The normalized spacial score (nSPS) is 20.8. The molecular weight excluding hydrogens is 268 g/mol. The Balaban J connectivity index is 2.47. The van der Waals surface area contributed by atoms with Gasteiger partial charge >= 0.3 is 0 Å². The van der Waals surface area contributed by atoms with Crippen molar-refractivity contribution >= 4 is 5.91 Å². The first-order chi connectivity index (χ1) is 9.92. The van der Waals surface area contributed by atoms with E-state index in [0.717, 1.165) is 45.8 Å². The second-order valence-electron chi connectivity index (χ2n) is 6.46. The number of amides is 1. The zero-order chi connectivity index (χ0) is 15.9.